The maximum absolute atomic E-state index is 4.54. The molecule has 0 aliphatic rings. The zero-order valence-electron chi connectivity index (χ0n) is 8.34. The molecule has 16 heavy (non-hydrogen) atoms. The van der Waals surface area contributed by atoms with Crippen molar-refractivity contribution in [3.63, 3.8) is 0 Å². The second-order valence-electron chi connectivity index (χ2n) is 3.44. The van der Waals surface area contributed by atoms with Gasteiger partial charge in [-0.3, -0.25) is 9.38 Å². The second kappa shape index (κ2) is 3.72. The molecule has 0 aromatic carbocycles. The summed E-state index contributed by atoms with van der Waals surface area (Å²) in [4.78, 5) is 8.63. The van der Waals surface area contributed by atoms with Crippen molar-refractivity contribution in [3.05, 3.63) is 53.5 Å². The van der Waals surface area contributed by atoms with E-state index < -0.39 is 0 Å². The van der Waals surface area contributed by atoms with Gasteiger partial charge in [0.2, 0.25) is 0 Å². The molecule has 0 atom stereocenters. The number of imidazole rings is 1. The van der Waals surface area contributed by atoms with Gasteiger partial charge in [0.15, 0.2) is 0 Å². The third-order valence-corrected chi connectivity index (χ3v) is 3.05. The van der Waals surface area contributed by atoms with E-state index in [2.05, 4.69) is 25.9 Å². The fourth-order valence-electron chi connectivity index (χ4n) is 1.63. The minimum absolute atomic E-state index is 0.924. The highest BCUT2D eigenvalue weighted by molar-refractivity contribution is 9.10. The van der Waals surface area contributed by atoms with E-state index in [1.807, 2.05) is 47.1 Å². The Morgan fingerprint density at radius 2 is 2.06 bits per heavy atom. The van der Waals surface area contributed by atoms with E-state index in [9.17, 15) is 0 Å². The molecule has 0 saturated heterocycles. The van der Waals surface area contributed by atoms with Crippen molar-refractivity contribution >= 4 is 21.6 Å². The summed E-state index contributed by atoms with van der Waals surface area (Å²) in [6.07, 6.45) is 5.57. The van der Waals surface area contributed by atoms with E-state index in [4.69, 9.17) is 0 Å². The number of pyridine rings is 2. The molecule has 3 rings (SSSR count). The second-order valence-corrected chi connectivity index (χ2v) is 4.26. The van der Waals surface area contributed by atoms with Gasteiger partial charge in [0, 0.05) is 24.2 Å². The number of aromatic nitrogens is 3. The zero-order valence-corrected chi connectivity index (χ0v) is 9.92. The van der Waals surface area contributed by atoms with Gasteiger partial charge in [-0.15, -0.1) is 0 Å². The number of rotatable bonds is 1. The van der Waals surface area contributed by atoms with Gasteiger partial charge in [-0.25, -0.2) is 4.98 Å². The van der Waals surface area contributed by atoms with E-state index in [-0.39, 0.29) is 0 Å². The summed E-state index contributed by atoms with van der Waals surface area (Å²) in [5, 5.41) is 0. The number of fused-ring (bicyclic) bond motifs is 1. The highest BCUT2D eigenvalue weighted by Gasteiger charge is 2.05. The van der Waals surface area contributed by atoms with Crippen LogP contribution in [0, 0.1) is 0 Å². The van der Waals surface area contributed by atoms with Crippen molar-refractivity contribution in [1.82, 2.24) is 14.4 Å². The average molecular weight is 274 g/mol. The summed E-state index contributed by atoms with van der Waals surface area (Å²) in [5.74, 6) is 0. The molecule has 0 aliphatic heterocycles. The van der Waals surface area contributed by atoms with Crippen LogP contribution < -0.4 is 0 Å². The van der Waals surface area contributed by atoms with E-state index in [1.165, 1.54) is 0 Å². The van der Waals surface area contributed by atoms with Crippen LogP contribution in [0.25, 0.3) is 16.9 Å². The smallest absolute Gasteiger partial charge is 0.138 e. The fraction of sp³-hybridized carbons (Fsp3) is 0. The number of halogens is 1. The molecule has 3 aromatic rings. The van der Waals surface area contributed by atoms with Crippen molar-refractivity contribution < 1.29 is 0 Å². The van der Waals surface area contributed by atoms with Crippen LogP contribution in [0.2, 0.25) is 0 Å². The van der Waals surface area contributed by atoms with Gasteiger partial charge in [0.1, 0.15) is 5.65 Å². The molecule has 0 aliphatic carbocycles. The number of hydrogen-bond donors (Lipinski definition) is 0. The van der Waals surface area contributed by atoms with Crippen LogP contribution in [-0.4, -0.2) is 14.4 Å². The van der Waals surface area contributed by atoms with Crippen LogP contribution >= 0.6 is 15.9 Å². The topological polar surface area (TPSA) is 30.2 Å². The van der Waals surface area contributed by atoms with Crippen LogP contribution in [0.4, 0.5) is 0 Å². The van der Waals surface area contributed by atoms with Gasteiger partial charge >= 0.3 is 0 Å². The molecule has 4 heteroatoms. The van der Waals surface area contributed by atoms with E-state index in [0.29, 0.717) is 0 Å². The van der Waals surface area contributed by atoms with Gasteiger partial charge < -0.3 is 0 Å². The van der Waals surface area contributed by atoms with Crippen LogP contribution in [0.1, 0.15) is 0 Å². The Morgan fingerprint density at radius 3 is 2.81 bits per heavy atom. The standard InChI is InChI=1S/C12H8BrN3/c13-11-4-1-5-12-15-10(8-16(11)12)9-3-2-6-14-7-9/h1-8H. The Kier molecular flexibility index (Phi) is 2.22. The molecule has 0 bridgehead atoms. The Morgan fingerprint density at radius 1 is 1.12 bits per heavy atom. The van der Waals surface area contributed by atoms with Crippen LogP contribution in [0.3, 0.4) is 0 Å². The average Bonchev–Trinajstić information content (AvgIpc) is 2.76. The van der Waals surface area contributed by atoms with E-state index in [1.54, 1.807) is 6.20 Å². The Hall–Kier alpha value is -1.68. The maximum atomic E-state index is 4.54. The monoisotopic (exact) mass is 273 g/mol. The molecule has 3 nitrogen and oxygen atoms in total. The minimum Gasteiger partial charge on any atom is -0.293 e. The molecule has 78 valence electrons. The SMILES string of the molecule is Brc1cccc2nc(-c3cccnc3)cn12. The molecule has 0 saturated carbocycles. The quantitative estimate of drug-likeness (QED) is 0.638. The molecule has 0 unspecified atom stereocenters. The Labute approximate surface area is 101 Å². The lowest BCUT2D eigenvalue weighted by molar-refractivity contribution is 1.14. The first kappa shape index (κ1) is 9.54. The lowest BCUT2D eigenvalue weighted by Gasteiger charge is -1.94. The first-order valence-corrected chi connectivity index (χ1v) is 5.68. The van der Waals surface area contributed by atoms with Gasteiger partial charge in [-0.2, -0.15) is 0 Å². The zero-order chi connectivity index (χ0) is 11.0. The Balaban J connectivity index is 2.23. The van der Waals surface area contributed by atoms with Crippen LogP contribution in [-0.2, 0) is 0 Å². The van der Waals surface area contributed by atoms with Gasteiger partial charge in [0.25, 0.3) is 0 Å². The molecule has 0 amide bonds. The molecule has 0 fully saturated rings. The summed E-state index contributed by atoms with van der Waals surface area (Å²) in [7, 11) is 0. The molecule has 0 N–H and O–H groups in total. The largest absolute Gasteiger partial charge is 0.293 e. The Bertz CT molecular complexity index is 631. The number of nitrogens with zero attached hydrogens (tertiary/aromatic N) is 3. The molecular weight excluding hydrogens is 266 g/mol. The summed E-state index contributed by atoms with van der Waals surface area (Å²) in [6, 6.07) is 9.85. The summed E-state index contributed by atoms with van der Waals surface area (Å²) < 4.78 is 3.00. The van der Waals surface area contributed by atoms with Crippen molar-refractivity contribution in [2.45, 2.75) is 0 Å². The first-order valence-electron chi connectivity index (χ1n) is 4.88. The highest BCUT2D eigenvalue weighted by Crippen LogP contribution is 2.20. The third kappa shape index (κ3) is 1.51. The van der Waals surface area contributed by atoms with Gasteiger partial charge in [-0.05, 0) is 40.2 Å². The van der Waals surface area contributed by atoms with Crippen LogP contribution in [0.5, 0.6) is 0 Å². The maximum Gasteiger partial charge on any atom is 0.138 e. The normalized spacial score (nSPS) is 10.8. The molecule has 0 spiro atoms. The van der Waals surface area contributed by atoms with Crippen molar-refractivity contribution in [2.75, 3.05) is 0 Å². The lowest BCUT2D eigenvalue weighted by atomic mass is 10.2. The highest BCUT2D eigenvalue weighted by atomic mass is 79.9. The van der Waals surface area contributed by atoms with Crippen LogP contribution in [0.15, 0.2) is 53.5 Å². The molecular formula is C12H8BrN3. The summed E-state index contributed by atoms with van der Waals surface area (Å²) >= 11 is 3.49. The first-order chi connectivity index (χ1) is 7.84. The van der Waals surface area contributed by atoms with Crippen molar-refractivity contribution in [2.24, 2.45) is 0 Å². The van der Waals surface area contributed by atoms with Crippen molar-refractivity contribution in [3.8, 4) is 11.3 Å². The molecule has 3 heterocycles. The summed E-state index contributed by atoms with van der Waals surface area (Å²) in [6.45, 7) is 0. The van der Waals surface area contributed by atoms with Gasteiger partial charge in [0.05, 0.1) is 10.3 Å². The number of hydrogen-bond acceptors (Lipinski definition) is 2. The predicted molar refractivity (Wildman–Crippen MR) is 66.1 cm³/mol. The molecule has 0 radical (unpaired) electrons. The van der Waals surface area contributed by atoms with E-state index in [0.717, 1.165) is 21.5 Å². The minimum atomic E-state index is 0.924. The summed E-state index contributed by atoms with van der Waals surface area (Å²) in [5.41, 5.74) is 2.88. The predicted octanol–water partition coefficient (Wildman–Crippen LogP) is 3.16. The van der Waals surface area contributed by atoms with Crippen molar-refractivity contribution in [1.29, 1.82) is 0 Å². The van der Waals surface area contributed by atoms with Gasteiger partial charge in [-0.1, -0.05) is 6.07 Å². The third-order valence-electron chi connectivity index (χ3n) is 2.40. The molecule has 3 aromatic heterocycles. The fourth-order valence-corrected chi connectivity index (χ4v) is 2.07. The lowest BCUT2D eigenvalue weighted by Crippen LogP contribution is -1.82. The van der Waals surface area contributed by atoms with E-state index >= 15 is 0 Å².